The van der Waals surface area contributed by atoms with Gasteiger partial charge in [-0.2, -0.15) is 5.10 Å². The first kappa shape index (κ1) is 19.8. The van der Waals surface area contributed by atoms with E-state index in [1.165, 1.54) is 0 Å². The Morgan fingerprint density at radius 1 is 1.07 bits per heavy atom. The van der Waals surface area contributed by atoms with Gasteiger partial charge in [0, 0.05) is 5.02 Å². The van der Waals surface area contributed by atoms with Crippen LogP contribution < -0.4 is 5.32 Å². The Balaban J connectivity index is 1.84. The maximum atomic E-state index is 12.9. The second kappa shape index (κ2) is 8.40. The fraction of sp³-hybridized carbons (Fsp3) is 0.227. The van der Waals surface area contributed by atoms with Crippen LogP contribution in [-0.4, -0.2) is 21.5 Å². The molecule has 0 saturated heterocycles. The maximum absolute atomic E-state index is 12.9. The van der Waals surface area contributed by atoms with Crippen molar-refractivity contribution in [3.8, 4) is 5.69 Å². The maximum Gasteiger partial charge on any atom is 0.293 e. The van der Waals surface area contributed by atoms with Gasteiger partial charge >= 0.3 is 0 Å². The van der Waals surface area contributed by atoms with Crippen molar-refractivity contribution in [2.75, 3.05) is 0 Å². The lowest BCUT2D eigenvalue weighted by molar-refractivity contribution is -0.117. The number of hydrogen-bond donors (Lipinski definition) is 1. The summed E-state index contributed by atoms with van der Waals surface area (Å²) in [6, 6.07) is 16.5. The van der Waals surface area contributed by atoms with Crippen molar-refractivity contribution in [3.63, 3.8) is 0 Å². The molecule has 1 atom stereocenters. The molecule has 0 saturated carbocycles. The van der Waals surface area contributed by atoms with Gasteiger partial charge in [-0.1, -0.05) is 48.9 Å². The van der Waals surface area contributed by atoms with E-state index in [1.807, 2.05) is 49.4 Å². The first-order valence-electron chi connectivity index (χ1n) is 9.14. The molecular formula is C22H22ClN3O2. The Bertz CT molecular complexity index is 995. The number of nitrogens with zero attached hydrogens (tertiary/aromatic N) is 2. The molecule has 2 aromatic carbocycles. The van der Waals surface area contributed by atoms with Crippen LogP contribution in [0, 0.1) is 13.8 Å². The standard InChI is InChI=1S/C22H22ClN3O2/c1-4-19(16-10-12-17(23)13-11-16)24-22(28)21(27)20-14(2)25-26(15(20)3)18-8-6-5-7-9-18/h5-13,19H,4H2,1-3H3,(H,24,28)/t19-/m0/s1. The van der Waals surface area contributed by atoms with E-state index in [0.29, 0.717) is 28.4 Å². The Morgan fingerprint density at radius 3 is 2.32 bits per heavy atom. The molecule has 28 heavy (non-hydrogen) atoms. The zero-order valence-corrected chi connectivity index (χ0v) is 16.8. The van der Waals surface area contributed by atoms with Crippen molar-refractivity contribution >= 4 is 23.3 Å². The average Bonchev–Trinajstić information content (AvgIpc) is 3.01. The number of carbonyl (C=O) groups is 2. The molecule has 6 heteroatoms. The summed E-state index contributed by atoms with van der Waals surface area (Å²) >= 11 is 5.93. The number of ketones is 1. The zero-order valence-electron chi connectivity index (χ0n) is 16.1. The molecule has 3 aromatic rings. The number of para-hydroxylation sites is 1. The van der Waals surface area contributed by atoms with Gasteiger partial charge in [-0.05, 0) is 50.1 Å². The molecule has 0 fully saturated rings. The number of Topliss-reactive ketones (excluding diaryl/α,β-unsaturated/α-hetero) is 1. The van der Waals surface area contributed by atoms with Crippen LogP contribution >= 0.6 is 11.6 Å². The van der Waals surface area contributed by atoms with Crippen LogP contribution in [0.25, 0.3) is 5.69 Å². The normalized spacial score (nSPS) is 11.9. The van der Waals surface area contributed by atoms with Gasteiger partial charge in [0.15, 0.2) is 0 Å². The van der Waals surface area contributed by atoms with E-state index in [-0.39, 0.29) is 6.04 Å². The minimum Gasteiger partial charge on any atom is -0.342 e. The van der Waals surface area contributed by atoms with Gasteiger partial charge in [0.1, 0.15) is 0 Å². The lowest BCUT2D eigenvalue weighted by atomic mass is 10.0. The van der Waals surface area contributed by atoms with E-state index in [0.717, 1.165) is 11.3 Å². The highest BCUT2D eigenvalue weighted by atomic mass is 35.5. The average molecular weight is 396 g/mol. The smallest absolute Gasteiger partial charge is 0.293 e. The highest BCUT2D eigenvalue weighted by molar-refractivity contribution is 6.43. The number of nitrogens with one attached hydrogen (secondary N) is 1. The molecule has 0 aliphatic heterocycles. The molecule has 0 bridgehead atoms. The lowest BCUT2D eigenvalue weighted by Gasteiger charge is -2.17. The Kier molecular flexibility index (Phi) is 5.95. The third-order valence-corrected chi connectivity index (χ3v) is 4.96. The molecule has 1 amide bonds. The van der Waals surface area contributed by atoms with Crippen LogP contribution in [0.1, 0.15) is 46.7 Å². The van der Waals surface area contributed by atoms with Crippen LogP contribution in [0.5, 0.6) is 0 Å². The van der Waals surface area contributed by atoms with E-state index in [4.69, 9.17) is 11.6 Å². The van der Waals surface area contributed by atoms with E-state index >= 15 is 0 Å². The number of hydrogen-bond acceptors (Lipinski definition) is 3. The van der Waals surface area contributed by atoms with Crippen LogP contribution in [0.2, 0.25) is 5.02 Å². The quantitative estimate of drug-likeness (QED) is 0.490. The minimum atomic E-state index is -0.638. The number of benzene rings is 2. The summed E-state index contributed by atoms with van der Waals surface area (Å²) in [5.41, 5.74) is 3.26. The number of amides is 1. The van der Waals surface area contributed by atoms with Gasteiger partial charge in [-0.25, -0.2) is 4.68 Å². The van der Waals surface area contributed by atoms with Gasteiger partial charge in [0.25, 0.3) is 11.7 Å². The van der Waals surface area contributed by atoms with Crippen molar-refractivity contribution in [3.05, 3.63) is 82.1 Å². The largest absolute Gasteiger partial charge is 0.342 e. The number of aryl methyl sites for hydroxylation is 1. The molecule has 144 valence electrons. The number of aromatic nitrogens is 2. The number of carbonyl (C=O) groups excluding carboxylic acids is 2. The summed E-state index contributed by atoms with van der Waals surface area (Å²) < 4.78 is 1.69. The molecule has 1 N–H and O–H groups in total. The van der Waals surface area contributed by atoms with Gasteiger partial charge in [0.05, 0.1) is 28.7 Å². The summed E-state index contributed by atoms with van der Waals surface area (Å²) in [5, 5.41) is 7.91. The first-order valence-corrected chi connectivity index (χ1v) is 9.52. The molecule has 0 spiro atoms. The van der Waals surface area contributed by atoms with Crippen molar-refractivity contribution in [2.24, 2.45) is 0 Å². The third kappa shape index (κ3) is 3.99. The molecule has 1 heterocycles. The second-order valence-corrected chi connectivity index (χ2v) is 7.04. The van der Waals surface area contributed by atoms with Crippen molar-refractivity contribution in [1.29, 1.82) is 0 Å². The van der Waals surface area contributed by atoms with E-state index in [9.17, 15) is 9.59 Å². The summed E-state index contributed by atoms with van der Waals surface area (Å²) in [7, 11) is 0. The highest BCUT2D eigenvalue weighted by Crippen LogP contribution is 2.21. The molecule has 0 aliphatic rings. The van der Waals surface area contributed by atoms with E-state index < -0.39 is 11.7 Å². The van der Waals surface area contributed by atoms with Gasteiger partial charge in [-0.3, -0.25) is 9.59 Å². The lowest BCUT2D eigenvalue weighted by Crippen LogP contribution is -2.34. The van der Waals surface area contributed by atoms with Gasteiger partial charge in [0.2, 0.25) is 0 Å². The Hall–Kier alpha value is -2.92. The van der Waals surface area contributed by atoms with Crippen molar-refractivity contribution in [1.82, 2.24) is 15.1 Å². The molecule has 0 unspecified atom stereocenters. The monoisotopic (exact) mass is 395 g/mol. The van der Waals surface area contributed by atoms with Crippen molar-refractivity contribution < 1.29 is 9.59 Å². The minimum absolute atomic E-state index is 0.265. The third-order valence-electron chi connectivity index (χ3n) is 4.71. The fourth-order valence-electron chi connectivity index (χ4n) is 3.25. The van der Waals surface area contributed by atoms with Crippen LogP contribution in [-0.2, 0) is 4.79 Å². The van der Waals surface area contributed by atoms with Crippen LogP contribution in [0.3, 0.4) is 0 Å². The highest BCUT2D eigenvalue weighted by Gasteiger charge is 2.26. The molecule has 1 aromatic heterocycles. The predicted molar refractivity (Wildman–Crippen MR) is 110 cm³/mol. The topological polar surface area (TPSA) is 64.0 Å². The van der Waals surface area contributed by atoms with Gasteiger partial charge in [-0.15, -0.1) is 0 Å². The first-order chi connectivity index (χ1) is 13.4. The molecule has 0 aliphatic carbocycles. The van der Waals surface area contributed by atoms with E-state index in [1.54, 1.807) is 30.7 Å². The molecular weight excluding hydrogens is 374 g/mol. The molecule has 0 radical (unpaired) electrons. The Morgan fingerprint density at radius 2 is 1.71 bits per heavy atom. The second-order valence-electron chi connectivity index (χ2n) is 6.61. The number of halogens is 1. The van der Waals surface area contributed by atoms with Crippen LogP contribution in [0.4, 0.5) is 0 Å². The zero-order chi connectivity index (χ0) is 20.3. The number of rotatable bonds is 6. The Labute approximate surface area is 169 Å². The van der Waals surface area contributed by atoms with E-state index in [2.05, 4.69) is 10.4 Å². The van der Waals surface area contributed by atoms with Crippen LogP contribution in [0.15, 0.2) is 54.6 Å². The van der Waals surface area contributed by atoms with Gasteiger partial charge < -0.3 is 5.32 Å². The summed E-state index contributed by atoms with van der Waals surface area (Å²) in [4.78, 5) is 25.6. The molecule has 5 nitrogen and oxygen atoms in total. The summed E-state index contributed by atoms with van der Waals surface area (Å²) in [6.45, 7) is 5.49. The fourth-order valence-corrected chi connectivity index (χ4v) is 3.37. The summed E-state index contributed by atoms with van der Waals surface area (Å²) in [6.07, 6.45) is 0.655. The SMILES string of the molecule is CC[C@H](NC(=O)C(=O)c1c(C)nn(-c2ccccc2)c1C)c1ccc(Cl)cc1. The van der Waals surface area contributed by atoms with Crippen molar-refractivity contribution in [2.45, 2.75) is 33.2 Å². The summed E-state index contributed by atoms with van der Waals surface area (Å²) in [5.74, 6) is -1.22. The molecule has 3 rings (SSSR count). The predicted octanol–water partition coefficient (Wildman–Crippen LogP) is 4.59.